The van der Waals surface area contributed by atoms with E-state index in [1.54, 1.807) is 23.0 Å². The highest BCUT2D eigenvalue weighted by atomic mass is 127. The van der Waals surface area contributed by atoms with Gasteiger partial charge in [-0.1, -0.05) is 0 Å². The fourth-order valence-electron chi connectivity index (χ4n) is 1.26. The molecule has 0 aromatic heterocycles. The van der Waals surface area contributed by atoms with Crippen LogP contribution in [-0.2, 0) is 3.07 Å². The topological polar surface area (TPSA) is 12.5 Å². The van der Waals surface area contributed by atoms with E-state index in [4.69, 9.17) is 3.07 Å². The lowest BCUT2D eigenvalue weighted by Gasteiger charge is -2.33. The number of halogens is 2. The van der Waals surface area contributed by atoms with Crippen LogP contribution in [0.2, 0.25) is 0 Å². The average Bonchev–Trinajstić information content (AvgIpc) is 1.97. The molecule has 0 aromatic rings. The first-order valence-electron chi connectivity index (χ1n) is 3.77. The fraction of sp³-hybridized carbons (Fsp3) is 1.00. The van der Waals surface area contributed by atoms with E-state index in [9.17, 15) is 4.39 Å². The maximum Gasteiger partial charge on any atom is 0.137 e. The molecule has 1 saturated heterocycles. The number of hydrogen-bond acceptors (Lipinski definition) is 2. The van der Waals surface area contributed by atoms with Crippen molar-refractivity contribution in [2.24, 2.45) is 0 Å². The molecule has 0 saturated carbocycles. The molecule has 4 heteroatoms. The Morgan fingerprint density at radius 2 is 2.09 bits per heavy atom. The summed E-state index contributed by atoms with van der Waals surface area (Å²) in [6, 6.07) is 0. The molecule has 2 nitrogen and oxygen atoms in total. The van der Waals surface area contributed by atoms with E-state index < -0.39 is 5.67 Å². The fourth-order valence-corrected chi connectivity index (χ4v) is 1.82. The van der Waals surface area contributed by atoms with Crippen LogP contribution in [0, 0.1) is 0 Å². The molecule has 11 heavy (non-hydrogen) atoms. The van der Waals surface area contributed by atoms with Crippen molar-refractivity contribution >= 4 is 23.0 Å². The highest BCUT2D eigenvalue weighted by Gasteiger charge is 2.33. The molecule has 1 rings (SSSR count). The second-order valence-electron chi connectivity index (χ2n) is 3.21. The van der Waals surface area contributed by atoms with Crippen LogP contribution in [0.1, 0.15) is 12.8 Å². The first-order chi connectivity index (χ1) is 5.16. The van der Waals surface area contributed by atoms with Crippen LogP contribution in [0.15, 0.2) is 0 Å². The average molecular weight is 273 g/mol. The molecular weight excluding hydrogens is 260 g/mol. The Kier molecular flexibility index (Phi) is 3.52. The third kappa shape index (κ3) is 2.83. The SMILES string of the molecule is CN1CCC(F)(COI)CC1. The van der Waals surface area contributed by atoms with Crippen molar-refractivity contribution < 1.29 is 7.46 Å². The van der Waals surface area contributed by atoms with Crippen LogP contribution in [0.4, 0.5) is 4.39 Å². The van der Waals surface area contributed by atoms with Crippen molar-refractivity contribution in [1.29, 1.82) is 0 Å². The zero-order valence-corrected chi connectivity index (χ0v) is 8.80. The summed E-state index contributed by atoms with van der Waals surface area (Å²) >= 11 is 1.75. The minimum atomic E-state index is -1.06. The first kappa shape index (κ1) is 9.67. The van der Waals surface area contributed by atoms with Crippen molar-refractivity contribution in [3.05, 3.63) is 0 Å². The molecule has 0 aromatic carbocycles. The van der Waals surface area contributed by atoms with Crippen molar-refractivity contribution in [3.63, 3.8) is 0 Å². The molecule has 1 aliphatic rings. The summed E-state index contributed by atoms with van der Waals surface area (Å²) in [5.74, 6) is 0. The molecule has 0 bridgehead atoms. The predicted octanol–water partition coefficient (Wildman–Crippen LogP) is 1.79. The third-order valence-electron chi connectivity index (χ3n) is 2.20. The van der Waals surface area contributed by atoms with Crippen molar-refractivity contribution in [2.75, 3.05) is 26.7 Å². The van der Waals surface area contributed by atoms with Gasteiger partial charge in [0.25, 0.3) is 0 Å². The standard InChI is InChI=1S/C7H13FINO/c1-10-4-2-7(8,3-5-10)6-11-9/h2-6H2,1H3. The molecule has 66 valence electrons. The minimum Gasteiger partial charge on any atom is -0.312 e. The van der Waals surface area contributed by atoms with Gasteiger partial charge in [-0.15, -0.1) is 0 Å². The van der Waals surface area contributed by atoms with Crippen LogP contribution in [-0.4, -0.2) is 37.3 Å². The monoisotopic (exact) mass is 273 g/mol. The summed E-state index contributed by atoms with van der Waals surface area (Å²) < 4.78 is 18.4. The van der Waals surface area contributed by atoms with Gasteiger partial charge in [0.05, 0.1) is 6.61 Å². The normalized spacial score (nSPS) is 25.4. The largest absolute Gasteiger partial charge is 0.312 e. The van der Waals surface area contributed by atoms with Crippen molar-refractivity contribution in [3.8, 4) is 0 Å². The Balaban J connectivity index is 2.35. The Morgan fingerprint density at radius 3 is 2.55 bits per heavy atom. The number of piperidine rings is 1. The molecule has 0 spiro atoms. The van der Waals surface area contributed by atoms with E-state index in [1.165, 1.54) is 0 Å². The predicted molar refractivity (Wildman–Crippen MR) is 50.5 cm³/mol. The molecule has 0 unspecified atom stereocenters. The number of alkyl halides is 1. The van der Waals surface area contributed by atoms with E-state index in [1.807, 2.05) is 7.05 Å². The molecule has 0 aliphatic carbocycles. The molecule has 0 N–H and O–H groups in total. The van der Waals surface area contributed by atoms with Gasteiger partial charge in [-0.2, -0.15) is 0 Å². The highest BCUT2D eigenvalue weighted by Crippen LogP contribution is 2.26. The lowest BCUT2D eigenvalue weighted by molar-refractivity contribution is 0.0379. The molecule has 1 aliphatic heterocycles. The Morgan fingerprint density at radius 1 is 1.55 bits per heavy atom. The third-order valence-corrected chi connectivity index (χ3v) is 2.51. The lowest BCUT2D eigenvalue weighted by atomic mass is 9.95. The minimum absolute atomic E-state index is 0.237. The lowest BCUT2D eigenvalue weighted by Crippen LogP contribution is -2.42. The summed E-state index contributed by atoms with van der Waals surface area (Å²) in [5.41, 5.74) is -1.06. The van der Waals surface area contributed by atoms with E-state index in [2.05, 4.69) is 4.90 Å². The van der Waals surface area contributed by atoms with Crippen LogP contribution >= 0.6 is 23.0 Å². The van der Waals surface area contributed by atoms with E-state index >= 15 is 0 Å². The highest BCUT2D eigenvalue weighted by molar-refractivity contribution is 14.1. The van der Waals surface area contributed by atoms with Gasteiger partial charge in [0.2, 0.25) is 0 Å². The Labute approximate surface area is 80.8 Å². The van der Waals surface area contributed by atoms with Gasteiger partial charge in [0, 0.05) is 13.1 Å². The number of rotatable bonds is 2. The maximum absolute atomic E-state index is 13.6. The number of hydrogen-bond donors (Lipinski definition) is 0. The number of likely N-dealkylation sites (tertiary alicyclic amines) is 1. The van der Waals surface area contributed by atoms with Crippen LogP contribution in [0.3, 0.4) is 0 Å². The summed E-state index contributed by atoms with van der Waals surface area (Å²) in [5, 5.41) is 0. The van der Waals surface area contributed by atoms with Crippen LogP contribution < -0.4 is 0 Å². The quantitative estimate of drug-likeness (QED) is 0.711. The van der Waals surface area contributed by atoms with Crippen molar-refractivity contribution in [1.82, 2.24) is 4.90 Å². The van der Waals surface area contributed by atoms with Gasteiger partial charge >= 0.3 is 0 Å². The zero-order valence-electron chi connectivity index (χ0n) is 6.65. The molecule has 0 radical (unpaired) electrons. The smallest absolute Gasteiger partial charge is 0.137 e. The molecule has 1 heterocycles. The zero-order chi connectivity index (χ0) is 8.32. The summed E-state index contributed by atoms with van der Waals surface area (Å²) in [7, 11) is 2.02. The van der Waals surface area contributed by atoms with Crippen molar-refractivity contribution in [2.45, 2.75) is 18.5 Å². The van der Waals surface area contributed by atoms with Gasteiger partial charge in [-0.05, 0) is 19.9 Å². The van der Waals surface area contributed by atoms with Gasteiger partial charge < -0.3 is 7.97 Å². The number of nitrogens with zero attached hydrogens (tertiary/aromatic N) is 1. The Bertz CT molecular complexity index is 126. The van der Waals surface area contributed by atoms with E-state index in [0.29, 0.717) is 12.8 Å². The second kappa shape index (κ2) is 4.00. The first-order valence-corrected chi connectivity index (χ1v) is 4.65. The molecule has 1 fully saturated rings. The Hall–Kier alpha value is 0.580. The van der Waals surface area contributed by atoms with Gasteiger partial charge in [0.1, 0.15) is 28.7 Å². The van der Waals surface area contributed by atoms with E-state index in [-0.39, 0.29) is 6.61 Å². The molecular formula is C7H13FINO. The molecule has 0 amide bonds. The van der Waals surface area contributed by atoms with Crippen LogP contribution in [0.25, 0.3) is 0 Å². The summed E-state index contributed by atoms with van der Waals surface area (Å²) in [4.78, 5) is 2.14. The maximum atomic E-state index is 13.6. The molecule has 0 atom stereocenters. The summed E-state index contributed by atoms with van der Waals surface area (Å²) in [6.45, 7) is 1.92. The van der Waals surface area contributed by atoms with Gasteiger partial charge in [0.15, 0.2) is 0 Å². The van der Waals surface area contributed by atoms with E-state index in [0.717, 1.165) is 13.1 Å². The van der Waals surface area contributed by atoms with Gasteiger partial charge in [-0.3, -0.25) is 0 Å². The second-order valence-corrected chi connectivity index (χ2v) is 3.83. The van der Waals surface area contributed by atoms with Crippen LogP contribution in [0.5, 0.6) is 0 Å². The van der Waals surface area contributed by atoms with Gasteiger partial charge in [-0.25, -0.2) is 4.39 Å². The summed E-state index contributed by atoms with van der Waals surface area (Å²) in [6.07, 6.45) is 1.21.